The van der Waals surface area contributed by atoms with Crippen molar-refractivity contribution < 1.29 is 19.0 Å². The maximum absolute atomic E-state index is 13.8. The van der Waals surface area contributed by atoms with Crippen molar-refractivity contribution in [3.8, 4) is 22.6 Å². The number of carboxylic acid groups (broad SMARTS) is 1. The first-order valence-electron chi connectivity index (χ1n) is 9.96. The lowest BCUT2D eigenvalue weighted by Gasteiger charge is -2.23. The zero-order valence-corrected chi connectivity index (χ0v) is 16.5. The molecule has 0 aromatic carbocycles. The molecular formula is C21H19FN6O3. The van der Waals surface area contributed by atoms with Crippen molar-refractivity contribution in [2.75, 3.05) is 6.61 Å². The molecule has 0 saturated carbocycles. The molecule has 31 heavy (non-hydrogen) atoms. The van der Waals surface area contributed by atoms with Crippen LogP contribution in [0.2, 0.25) is 0 Å². The van der Waals surface area contributed by atoms with Gasteiger partial charge in [0.25, 0.3) is 0 Å². The van der Waals surface area contributed by atoms with Crippen molar-refractivity contribution >= 4 is 16.9 Å². The van der Waals surface area contributed by atoms with Crippen LogP contribution in [-0.4, -0.2) is 47.2 Å². The number of hydrogen-bond acceptors (Lipinski definition) is 6. The summed E-state index contributed by atoms with van der Waals surface area (Å²) in [6.07, 6.45) is 7.54. The van der Waals surface area contributed by atoms with Crippen molar-refractivity contribution in [1.29, 1.82) is 0 Å². The fraction of sp³-hybridized carbons (Fsp3) is 0.286. The summed E-state index contributed by atoms with van der Waals surface area (Å²) in [5.41, 5.74) is 2.98. The quantitative estimate of drug-likeness (QED) is 0.492. The van der Waals surface area contributed by atoms with Gasteiger partial charge in [-0.2, -0.15) is 14.6 Å². The van der Waals surface area contributed by atoms with E-state index in [0.717, 1.165) is 30.2 Å². The van der Waals surface area contributed by atoms with Crippen LogP contribution in [0.4, 0.5) is 4.39 Å². The Balaban J connectivity index is 1.64. The summed E-state index contributed by atoms with van der Waals surface area (Å²) < 4.78 is 22.9. The third-order valence-electron chi connectivity index (χ3n) is 5.21. The molecule has 1 aliphatic heterocycles. The molecule has 4 aromatic heterocycles. The van der Waals surface area contributed by atoms with Crippen LogP contribution in [-0.2, 0) is 16.1 Å². The van der Waals surface area contributed by atoms with E-state index in [-0.39, 0.29) is 12.8 Å². The number of nitrogens with zero attached hydrogens (tertiary/aromatic N) is 6. The molecular weight excluding hydrogens is 403 g/mol. The van der Waals surface area contributed by atoms with Gasteiger partial charge in [0.2, 0.25) is 5.95 Å². The molecule has 4 aromatic rings. The number of halogens is 1. The standard InChI is InChI=1S/C21H19FN6O3/c22-18-5-3-4-15(25-18)21-14-8-16(13-9-24-27(11-13)12-20(29)30)23-10-17(14)28(26-21)19-6-1-2-7-31-19/h3-5,8-11,19H,1-2,6-7,12H2,(H,29,30). The van der Waals surface area contributed by atoms with E-state index in [1.165, 1.54) is 10.7 Å². The molecule has 0 bridgehead atoms. The molecule has 1 aliphatic rings. The maximum Gasteiger partial charge on any atom is 0.325 e. The topological polar surface area (TPSA) is 108 Å². The number of pyridine rings is 2. The number of carboxylic acids is 1. The predicted molar refractivity (Wildman–Crippen MR) is 108 cm³/mol. The predicted octanol–water partition coefficient (Wildman–Crippen LogP) is 3.28. The molecule has 5 rings (SSSR count). The molecule has 0 spiro atoms. The first kappa shape index (κ1) is 19.3. The first-order valence-corrected chi connectivity index (χ1v) is 9.96. The van der Waals surface area contributed by atoms with E-state index in [2.05, 4.69) is 15.1 Å². The van der Waals surface area contributed by atoms with E-state index in [1.54, 1.807) is 35.4 Å². The Bertz CT molecular complexity index is 1260. The summed E-state index contributed by atoms with van der Waals surface area (Å²) in [6, 6.07) is 6.43. The molecule has 5 heterocycles. The van der Waals surface area contributed by atoms with Gasteiger partial charge in [-0.1, -0.05) is 6.07 Å². The average Bonchev–Trinajstić information content (AvgIpc) is 3.38. The highest BCUT2D eigenvalue weighted by atomic mass is 19.1. The minimum Gasteiger partial charge on any atom is -0.480 e. The lowest BCUT2D eigenvalue weighted by atomic mass is 10.1. The molecule has 1 saturated heterocycles. The van der Waals surface area contributed by atoms with E-state index >= 15 is 0 Å². The Kier molecular flexibility index (Phi) is 4.91. The molecule has 1 atom stereocenters. The Hall–Kier alpha value is -3.66. The van der Waals surface area contributed by atoms with Crippen LogP contribution in [0, 0.1) is 5.95 Å². The van der Waals surface area contributed by atoms with Crippen molar-refractivity contribution in [3.63, 3.8) is 0 Å². The Labute approximate surface area is 176 Å². The van der Waals surface area contributed by atoms with Gasteiger partial charge in [-0.15, -0.1) is 0 Å². The molecule has 9 nitrogen and oxygen atoms in total. The van der Waals surface area contributed by atoms with Gasteiger partial charge >= 0.3 is 5.97 Å². The zero-order valence-electron chi connectivity index (χ0n) is 16.5. The van der Waals surface area contributed by atoms with Crippen LogP contribution in [0.3, 0.4) is 0 Å². The van der Waals surface area contributed by atoms with Crippen molar-refractivity contribution in [1.82, 2.24) is 29.5 Å². The number of fused-ring (bicyclic) bond motifs is 1. The summed E-state index contributed by atoms with van der Waals surface area (Å²) in [7, 11) is 0. The van der Waals surface area contributed by atoms with Gasteiger partial charge in [0.15, 0.2) is 6.23 Å². The smallest absolute Gasteiger partial charge is 0.325 e. The summed E-state index contributed by atoms with van der Waals surface area (Å²) in [5.74, 6) is -1.57. The fourth-order valence-electron chi connectivity index (χ4n) is 3.78. The van der Waals surface area contributed by atoms with Crippen LogP contribution in [0.15, 0.2) is 42.9 Å². The van der Waals surface area contributed by atoms with Gasteiger partial charge in [0.1, 0.15) is 12.2 Å². The zero-order chi connectivity index (χ0) is 21.4. The number of aliphatic carboxylic acids is 1. The summed E-state index contributed by atoms with van der Waals surface area (Å²) in [5, 5.41) is 18.5. The Morgan fingerprint density at radius 2 is 2.16 bits per heavy atom. The minimum atomic E-state index is -0.980. The highest BCUT2D eigenvalue weighted by molar-refractivity contribution is 5.94. The number of aromatic nitrogens is 6. The van der Waals surface area contributed by atoms with Crippen LogP contribution in [0.5, 0.6) is 0 Å². The lowest BCUT2D eigenvalue weighted by molar-refractivity contribution is -0.137. The highest BCUT2D eigenvalue weighted by Gasteiger charge is 2.23. The number of hydrogen-bond donors (Lipinski definition) is 1. The highest BCUT2D eigenvalue weighted by Crippen LogP contribution is 2.33. The van der Waals surface area contributed by atoms with Gasteiger partial charge < -0.3 is 9.84 Å². The van der Waals surface area contributed by atoms with Gasteiger partial charge in [-0.05, 0) is 37.5 Å². The second kappa shape index (κ2) is 7.88. The van der Waals surface area contributed by atoms with Gasteiger partial charge in [0.05, 0.1) is 29.3 Å². The maximum atomic E-state index is 13.8. The summed E-state index contributed by atoms with van der Waals surface area (Å²) in [4.78, 5) is 19.5. The van der Waals surface area contributed by atoms with Crippen LogP contribution in [0.1, 0.15) is 25.5 Å². The molecule has 10 heteroatoms. The largest absolute Gasteiger partial charge is 0.480 e. The van der Waals surface area contributed by atoms with Crippen LogP contribution in [0.25, 0.3) is 33.5 Å². The molecule has 1 N–H and O–H groups in total. The minimum absolute atomic E-state index is 0.218. The molecule has 1 unspecified atom stereocenters. The Morgan fingerprint density at radius 1 is 1.26 bits per heavy atom. The van der Waals surface area contributed by atoms with E-state index in [1.807, 2.05) is 6.07 Å². The van der Waals surface area contributed by atoms with Crippen LogP contribution >= 0.6 is 0 Å². The summed E-state index contributed by atoms with van der Waals surface area (Å²) in [6.45, 7) is 0.422. The molecule has 158 valence electrons. The monoisotopic (exact) mass is 422 g/mol. The normalized spacial score (nSPS) is 16.6. The molecule has 0 amide bonds. The Morgan fingerprint density at radius 3 is 2.94 bits per heavy atom. The fourth-order valence-corrected chi connectivity index (χ4v) is 3.78. The second-order valence-corrected chi connectivity index (χ2v) is 7.37. The molecule has 0 radical (unpaired) electrons. The summed E-state index contributed by atoms with van der Waals surface area (Å²) >= 11 is 0. The van der Waals surface area contributed by atoms with Crippen molar-refractivity contribution in [3.05, 3.63) is 48.8 Å². The molecule has 1 fully saturated rings. The SMILES string of the molecule is O=C(O)Cn1cc(-c2cc3c(-c4cccc(F)n4)nn(C4CCCCO4)c3cn2)cn1. The number of rotatable bonds is 5. The van der Waals surface area contributed by atoms with Gasteiger partial charge in [0, 0.05) is 23.8 Å². The molecule has 0 aliphatic carbocycles. The van der Waals surface area contributed by atoms with E-state index in [0.29, 0.717) is 29.3 Å². The van der Waals surface area contributed by atoms with E-state index in [4.69, 9.17) is 14.9 Å². The van der Waals surface area contributed by atoms with E-state index in [9.17, 15) is 9.18 Å². The van der Waals surface area contributed by atoms with Gasteiger partial charge in [-0.25, -0.2) is 9.67 Å². The lowest BCUT2D eigenvalue weighted by Crippen LogP contribution is -2.19. The van der Waals surface area contributed by atoms with Crippen molar-refractivity contribution in [2.45, 2.75) is 32.0 Å². The van der Waals surface area contributed by atoms with Crippen molar-refractivity contribution in [2.24, 2.45) is 0 Å². The third-order valence-corrected chi connectivity index (χ3v) is 5.21. The van der Waals surface area contributed by atoms with Crippen LogP contribution < -0.4 is 0 Å². The third kappa shape index (κ3) is 3.77. The number of ether oxygens (including phenoxy) is 1. The average molecular weight is 422 g/mol. The van der Waals surface area contributed by atoms with E-state index < -0.39 is 11.9 Å². The van der Waals surface area contributed by atoms with Gasteiger partial charge in [-0.3, -0.25) is 14.5 Å². The first-order chi connectivity index (χ1) is 15.1. The number of carbonyl (C=O) groups is 1. The second-order valence-electron chi connectivity index (χ2n) is 7.37.